The molecule has 2 rings (SSSR count). The van der Waals surface area contributed by atoms with E-state index in [4.69, 9.17) is 9.47 Å². The van der Waals surface area contributed by atoms with Gasteiger partial charge in [0.2, 0.25) is 0 Å². The highest BCUT2D eigenvalue weighted by atomic mass is 32.1. The van der Waals surface area contributed by atoms with Gasteiger partial charge in [-0.15, -0.1) is 11.3 Å². The quantitative estimate of drug-likeness (QED) is 0.877. The molecule has 0 saturated carbocycles. The topological polar surface area (TPSA) is 55.8 Å². The van der Waals surface area contributed by atoms with Crippen LogP contribution in [0.5, 0.6) is 11.5 Å². The second-order valence-electron chi connectivity index (χ2n) is 4.00. The molecular formula is C15H16O4S. The van der Waals surface area contributed by atoms with Crippen LogP contribution in [-0.4, -0.2) is 24.3 Å². The summed E-state index contributed by atoms with van der Waals surface area (Å²) < 4.78 is 11.1. The fraction of sp³-hybridized carbons (Fsp3) is 0.267. The third-order valence-electron chi connectivity index (χ3n) is 2.71. The zero-order valence-electron chi connectivity index (χ0n) is 11.4. The summed E-state index contributed by atoms with van der Waals surface area (Å²) in [6, 6.07) is 7.29. The van der Waals surface area contributed by atoms with Gasteiger partial charge in [-0.1, -0.05) is 6.07 Å². The Hall–Kier alpha value is -2.01. The molecule has 0 fully saturated rings. The lowest BCUT2D eigenvalue weighted by Gasteiger charge is -2.12. The number of carbonyl (C=O) groups is 1. The number of ether oxygens (including phenoxy) is 2. The minimum absolute atomic E-state index is 0.330. The van der Waals surface area contributed by atoms with Crippen molar-refractivity contribution < 1.29 is 19.4 Å². The lowest BCUT2D eigenvalue weighted by atomic mass is 10.1. The minimum Gasteiger partial charge on any atom is -0.490 e. The Balaban J connectivity index is 2.44. The van der Waals surface area contributed by atoms with Crippen molar-refractivity contribution in [3.8, 4) is 22.6 Å². The maximum Gasteiger partial charge on any atom is 0.346 e. The van der Waals surface area contributed by atoms with Gasteiger partial charge in [-0.25, -0.2) is 4.79 Å². The van der Waals surface area contributed by atoms with Crippen LogP contribution in [0.4, 0.5) is 0 Å². The smallest absolute Gasteiger partial charge is 0.346 e. The highest BCUT2D eigenvalue weighted by molar-refractivity contribution is 7.12. The zero-order valence-corrected chi connectivity index (χ0v) is 12.2. The van der Waals surface area contributed by atoms with Crippen LogP contribution in [0.1, 0.15) is 23.5 Å². The van der Waals surface area contributed by atoms with Crippen LogP contribution in [0.25, 0.3) is 11.1 Å². The van der Waals surface area contributed by atoms with Gasteiger partial charge in [-0.3, -0.25) is 0 Å². The first-order valence-corrected chi connectivity index (χ1v) is 7.26. The standard InChI is InChI=1S/C15H16O4S/c1-3-18-12-6-5-10(9-13(12)19-4-2)11-7-8-20-14(11)15(16)17/h5-9H,3-4H2,1-2H3,(H,16,17). The zero-order chi connectivity index (χ0) is 14.5. The Morgan fingerprint density at radius 1 is 1.15 bits per heavy atom. The van der Waals surface area contributed by atoms with Crippen molar-refractivity contribution in [1.82, 2.24) is 0 Å². The maximum atomic E-state index is 11.2. The van der Waals surface area contributed by atoms with Crippen molar-refractivity contribution in [2.45, 2.75) is 13.8 Å². The molecule has 0 saturated heterocycles. The molecule has 0 amide bonds. The molecule has 2 aromatic rings. The van der Waals surface area contributed by atoms with Gasteiger partial charge in [0.05, 0.1) is 13.2 Å². The Bertz CT molecular complexity index is 604. The van der Waals surface area contributed by atoms with E-state index < -0.39 is 5.97 Å². The molecule has 0 atom stereocenters. The van der Waals surface area contributed by atoms with Gasteiger partial charge < -0.3 is 14.6 Å². The number of hydrogen-bond donors (Lipinski definition) is 1. The van der Waals surface area contributed by atoms with E-state index in [1.54, 1.807) is 11.4 Å². The molecule has 1 heterocycles. The molecule has 0 aliphatic heterocycles. The predicted octanol–water partition coefficient (Wildman–Crippen LogP) is 3.91. The fourth-order valence-corrected chi connectivity index (χ4v) is 2.67. The molecule has 0 spiro atoms. The predicted molar refractivity (Wildman–Crippen MR) is 79.1 cm³/mol. The fourth-order valence-electron chi connectivity index (χ4n) is 1.92. The second-order valence-corrected chi connectivity index (χ2v) is 4.91. The van der Waals surface area contributed by atoms with Crippen LogP contribution < -0.4 is 9.47 Å². The Kier molecular flexibility index (Phi) is 4.63. The van der Waals surface area contributed by atoms with E-state index in [0.717, 1.165) is 5.56 Å². The molecule has 4 nitrogen and oxygen atoms in total. The van der Waals surface area contributed by atoms with E-state index in [2.05, 4.69) is 0 Å². The van der Waals surface area contributed by atoms with Crippen LogP contribution in [0.15, 0.2) is 29.6 Å². The van der Waals surface area contributed by atoms with Crippen LogP contribution in [-0.2, 0) is 0 Å². The summed E-state index contributed by atoms with van der Waals surface area (Å²) in [4.78, 5) is 11.5. The normalized spacial score (nSPS) is 10.3. The summed E-state index contributed by atoms with van der Waals surface area (Å²) >= 11 is 1.21. The van der Waals surface area contributed by atoms with Crippen LogP contribution >= 0.6 is 11.3 Å². The van der Waals surface area contributed by atoms with Crippen molar-refractivity contribution in [2.75, 3.05) is 13.2 Å². The molecule has 20 heavy (non-hydrogen) atoms. The molecule has 0 radical (unpaired) electrons. The van der Waals surface area contributed by atoms with Gasteiger partial charge >= 0.3 is 5.97 Å². The average Bonchev–Trinajstić information content (AvgIpc) is 2.91. The summed E-state index contributed by atoms with van der Waals surface area (Å²) in [6.45, 7) is 4.89. The first-order valence-electron chi connectivity index (χ1n) is 6.38. The second kappa shape index (κ2) is 6.43. The highest BCUT2D eigenvalue weighted by Gasteiger charge is 2.15. The molecule has 1 aromatic heterocycles. The third-order valence-corrected chi connectivity index (χ3v) is 3.62. The largest absolute Gasteiger partial charge is 0.490 e. The lowest BCUT2D eigenvalue weighted by molar-refractivity contribution is 0.0703. The van der Waals surface area contributed by atoms with Crippen molar-refractivity contribution >= 4 is 17.3 Å². The van der Waals surface area contributed by atoms with Crippen molar-refractivity contribution in [2.24, 2.45) is 0 Å². The Labute approximate surface area is 121 Å². The summed E-state index contributed by atoms with van der Waals surface area (Å²) in [6.07, 6.45) is 0. The summed E-state index contributed by atoms with van der Waals surface area (Å²) in [5.74, 6) is 0.390. The van der Waals surface area contributed by atoms with Gasteiger partial charge in [0.1, 0.15) is 4.88 Å². The molecule has 0 aliphatic carbocycles. The van der Waals surface area contributed by atoms with Crippen molar-refractivity contribution in [3.05, 3.63) is 34.5 Å². The third kappa shape index (κ3) is 2.93. The number of benzene rings is 1. The van der Waals surface area contributed by atoms with Gasteiger partial charge in [-0.2, -0.15) is 0 Å². The number of carboxylic acids is 1. The van der Waals surface area contributed by atoms with Gasteiger partial charge in [-0.05, 0) is 43.0 Å². The van der Waals surface area contributed by atoms with Gasteiger partial charge in [0.25, 0.3) is 0 Å². The first kappa shape index (κ1) is 14.4. The Morgan fingerprint density at radius 2 is 1.85 bits per heavy atom. The molecule has 0 bridgehead atoms. The van der Waals surface area contributed by atoms with E-state index in [0.29, 0.717) is 35.2 Å². The van der Waals surface area contributed by atoms with E-state index in [1.807, 2.05) is 32.0 Å². The van der Waals surface area contributed by atoms with E-state index in [1.165, 1.54) is 11.3 Å². The molecule has 1 N–H and O–H groups in total. The van der Waals surface area contributed by atoms with Crippen LogP contribution in [0.2, 0.25) is 0 Å². The molecular weight excluding hydrogens is 276 g/mol. The first-order chi connectivity index (χ1) is 9.67. The summed E-state index contributed by atoms with van der Waals surface area (Å²) in [5.41, 5.74) is 1.52. The van der Waals surface area contributed by atoms with Crippen molar-refractivity contribution in [3.63, 3.8) is 0 Å². The number of carboxylic acid groups (broad SMARTS) is 1. The van der Waals surface area contributed by atoms with Crippen LogP contribution in [0.3, 0.4) is 0 Å². The summed E-state index contributed by atoms with van der Waals surface area (Å²) in [5, 5.41) is 11.0. The van der Waals surface area contributed by atoms with Gasteiger partial charge in [0.15, 0.2) is 11.5 Å². The lowest BCUT2D eigenvalue weighted by Crippen LogP contribution is -1.99. The number of hydrogen-bond acceptors (Lipinski definition) is 4. The van der Waals surface area contributed by atoms with E-state index in [-0.39, 0.29) is 0 Å². The average molecular weight is 292 g/mol. The Morgan fingerprint density at radius 3 is 2.50 bits per heavy atom. The number of aromatic carboxylic acids is 1. The van der Waals surface area contributed by atoms with Crippen molar-refractivity contribution in [1.29, 1.82) is 0 Å². The molecule has 0 aliphatic rings. The summed E-state index contributed by atoms with van der Waals surface area (Å²) in [7, 11) is 0. The number of thiophene rings is 1. The maximum absolute atomic E-state index is 11.2. The molecule has 5 heteroatoms. The van der Waals surface area contributed by atoms with Crippen LogP contribution in [0, 0.1) is 0 Å². The molecule has 1 aromatic carbocycles. The van der Waals surface area contributed by atoms with E-state index >= 15 is 0 Å². The SMILES string of the molecule is CCOc1ccc(-c2ccsc2C(=O)O)cc1OCC. The molecule has 106 valence electrons. The number of rotatable bonds is 6. The van der Waals surface area contributed by atoms with Gasteiger partial charge in [0, 0.05) is 5.56 Å². The minimum atomic E-state index is -0.915. The monoisotopic (exact) mass is 292 g/mol. The molecule has 0 unspecified atom stereocenters. The highest BCUT2D eigenvalue weighted by Crippen LogP contribution is 2.35. The van der Waals surface area contributed by atoms with E-state index in [9.17, 15) is 9.90 Å².